The number of carboxylic acids is 1. The van der Waals surface area contributed by atoms with Crippen LogP contribution in [0.1, 0.15) is 31.4 Å². The molecular formula is C33H31N3O5S2. The van der Waals surface area contributed by atoms with Crippen LogP contribution in [0.15, 0.2) is 99.6 Å². The second-order valence-corrected chi connectivity index (χ2v) is 12.7. The summed E-state index contributed by atoms with van der Waals surface area (Å²) in [6, 6.07) is 27.0. The van der Waals surface area contributed by atoms with Crippen molar-refractivity contribution in [3.05, 3.63) is 112 Å². The molecule has 10 heteroatoms. The average molecular weight is 614 g/mol. The highest BCUT2D eigenvalue weighted by Gasteiger charge is 2.30. The number of amides is 1. The number of aromatic carboxylic acids is 1. The monoisotopic (exact) mass is 613 g/mol. The third-order valence-corrected chi connectivity index (χ3v) is 10.0. The Kier molecular flexibility index (Phi) is 8.42. The zero-order chi connectivity index (χ0) is 29.9. The van der Waals surface area contributed by atoms with Crippen molar-refractivity contribution in [1.82, 2.24) is 4.90 Å². The first kappa shape index (κ1) is 28.9. The van der Waals surface area contributed by atoms with Crippen LogP contribution in [0.2, 0.25) is 0 Å². The SMILES string of the molecule is Cc1c(C(=O)O)oc2ccc([S+]([O-])N(CCc3ccccc3)c3ccccc3N3CCN(C(=O)c4cccs4)CC3)cc12. The van der Waals surface area contributed by atoms with Crippen LogP contribution in [-0.2, 0) is 17.8 Å². The van der Waals surface area contributed by atoms with Gasteiger partial charge in [0.15, 0.2) is 4.90 Å². The van der Waals surface area contributed by atoms with Crippen LogP contribution in [0.3, 0.4) is 0 Å². The number of nitrogens with zero attached hydrogens (tertiary/aromatic N) is 3. The number of hydrogen-bond acceptors (Lipinski definition) is 7. The number of carbonyl (C=O) groups is 2. The number of fused-ring (bicyclic) bond motifs is 1. The minimum Gasteiger partial charge on any atom is -0.588 e. The lowest BCUT2D eigenvalue weighted by atomic mass is 10.1. The molecular weight excluding hydrogens is 583 g/mol. The lowest BCUT2D eigenvalue weighted by Crippen LogP contribution is -2.49. The predicted molar refractivity (Wildman–Crippen MR) is 171 cm³/mol. The van der Waals surface area contributed by atoms with Crippen molar-refractivity contribution < 1.29 is 23.7 Å². The van der Waals surface area contributed by atoms with Crippen LogP contribution in [0.5, 0.6) is 0 Å². The van der Waals surface area contributed by atoms with Crippen LogP contribution in [0.4, 0.5) is 11.4 Å². The number of rotatable bonds is 9. The number of thiophene rings is 1. The number of benzene rings is 3. The van der Waals surface area contributed by atoms with Gasteiger partial charge in [-0.15, -0.1) is 11.3 Å². The molecule has 0 saturated carbocycles. The lowest BCUT2D eigenvalue weighted by Gasteiger charge is -2.38. The van der Waals surface area contributed by atoms with E-state index in [1.54, 1.807) is 25.1 Å². The maximum absolute atomic E-state index is 14.4. The molecule has 2 aromatic heterocycles. The summed E-state index contributed by atoms with van der Waals surface area (Å²) in [5.74, 6) is -1.18. The van der Waals surface area contributed by atoms with E-state index in [1.807, 2.05) is 69.2 Å². The highest BCUT2D eigenvalue weighted by atomic mass is 32.2. The van der Waals surface area contributed by atoms with Crippen LogP contribution in [0, 0.1) is 6.92 Å². The van der Waals surface area contributed by atoms with Crippen molar-refractivity contribution in [2.75, 3.05) is 41.9 Å². The molecule has 5 aromatic rings. The Bertz CT molecular complexity index is 1730. The Balaban J connectivity index is 1.31. The van der Waals surface area contributed by atoms with Gasteiger partial charge < -0.3 is 23.9 Å². The van der Waals surface area contributed by atoms with Crippen LogP contribution >= 0.6 is 11.3 Å². The van der Waals surface area contributed by atoms with Gasteiger partial charge in [0, 0.05) is 43.2 Å². The van der Waals surface area contributed by atoms with E-state index in [9.17, 15) is 19.2 Å². The standard InChI is InChI=1S/C33H31N3O5S2/c1-23-26-22-25(13-14-29(26)41-31(23)33(38)39)43(40)36(16-15-24-8-3-2-4-9-24)28-11-6-5-10-27(28)34-17-19-35(20-18-34)32(37)30-12-7-21-42-30/h2-14,21-22H,15-20H2,1H3,(H,38,39). The van der Waals surface area contributed by atoms with Crippen molar-refractivity contribution in [3.8, 4) is 0 Å². The van der Waals surface area contributed by atoms with Gasteiger partial charge in [-0.05, 0) is 54.6 Å². The normalized spacial score (nSPS) is 14.2. The highest BCUT2D eigenvalue weighted by molar-refractivity contribution is 7.92. The van der Waals surface area contributed by atoms with Gasteiger partial charge in [-0.25, -0.2) is 4.79 Å². The van der Waals surface area contributed by atoms with Gasteiger partial charge in [0.1, 0.15) is 22.6 Å². The molecule has 3 aromatic carbocycles. The summed E-state index contributed by atoms with van der Waals surface area (Å²) >= 11 is -0.150. The molecule has 0 radical (unpaired) electrons. The Morgan fingerprint density at radius 2 is 1.72 bits per heavy atom. The molecule has 1 N–H and O–H groups in total. The Morgan fingerprint density at radius 3 is 2.44 bits per heavy atom. The van der Waals surface area contributed by atoms with Gasteiger partial charge in [-0.2, -0.15) is 4.31 Å². The molecule has 1 fully saturated rings. The highest BCUT2D eigenvalue weighted by Crippen LogP contribution is 2.36. The Labute approximate surface area is 257 Å². The van der Waals surface area contributed by atoms with Crippen LogP contribution < -0.4 is 9.21 Å². The molecule has 0 aliphatic carbocycles. The molecule has 1 atom stereocenters. The molecule has 6 rings (SSSR count). The Hall–Kier alpha value is -4.25. The largest absolute Gasteiger partial charge is 0.588 e. The number of furan rings is 1. The van der Waals surface area contributed by atoms with Crippen molar-refractivity contribution >= 4 is 56.9 Å². The number of piperazine rings is 1. The first-order valence-electron chi connectivity index (χ1n) is 14.1. The molecule has 1 saturated heterocycles. The number of aryl methyl sites for hydroxylation is 1. The summed E-state index contributed by atoms with van der Waals surface area (Å²) in [7, 11) is 0. The van der Waals surface area contributed by atoms with E-state index in [-0.39, 0.29) is 11.7 Å². The Morgan fingerprint density at radius 1 is 0.977 bits per heavy atom. The first-order valence-corrected chi connectivity index (χ1v) is 16.1. The van der Waals surface area contributed by atoms with E-state index in [4.69, 9.17) is 4.42 Å². The number of hydrogen-bond donors (Lipinski definition) is 1. The molecule has 1 unspecified atom stereocenters. The fourth-order valence-corrected chi connectivity index (χ4v) is 7.40. The minimum atomic E-state index is -1.61. The molecule has 1 aliphatic heterocycles. The molecule has 1 aliphatic rings. The van der Waals surface area contributed by atoms with Gasteiger partial charge in [0.05, 0.1) is 17.1 Å². The van der Waals surface area contributed by atoms with E-state index in [0.717, 1.165) is 21.8 Å². The van der Waals surface area contributed by atoms with E-state index in [2.05, 4.69) is 17.0 Å². The second-order valence-electron chi connectivity index (χ2n) is 10.4. The van der Waals surface area contributed by atoms with E-state index in [1.165, 1.54) is 11.3 Å². The summed E-state index contributed by atoms with van der Waals surface area (Å²) in [6.45, 7) is 4.71. The van der Waals surface area contributed by atoms with Gasteiger partial charge in [-0.3, -0.25) is 4.79 Å². The smallest absolute Gasteiger partial charge is 0.372 e. The predicted octanol–water partition coefficient (Wildman–Crippen LogP) is 6.24. The summed E-state index contributed by atoms with van der Waals surface area (Å²) in [5, 5.41) is 12.1. The quantitative estimate of drug-likeness (QED) is 0.197. The van der Waals surface area contributed by atoms with E-state index in [0.29, 0.717) is 60.6 Å². The van der Waals surface area contributed by atoms with Gasteiger partial charge in [-0.1, -0.05) is 48.5 Å². The number of carboxylic acid groups (broad SMARTS) is 1. The maximum atomic E-state index is 14.4. The first-order chi connectivity index (χ1) is 20.9. The lowest BCUT2D eigenvalue weighted by molar-refractivity contribution is 0.0663. The zero-order valence-electron chi connectivity index (χ0n) is 23.6. The topological polar surface area (TPSA) is 100 Å². The molecule has 3 heterocycles. The molecule has 220 valence electrons. The number of anilines is 2. The van der Waals surface area contributed by atoms with Gasteiger partial charge in [0.25, 0.3) is 5.91 Å². The van der Waals surface area contributed by atoms with E-state index >= 15 is 0 Å². The summed E-state index contributed by atoms with van der Waals surface area (Å²) < 4.78 is 21.9. The van der Waals surface area contributed by atoms with Gasteiger partial charge >= 0.3 is 5.97 Å². The fourth-order valence-electron chi connectivity index (χ4n) is 5.46. The summed E-state index contributed by atoms with van der Waals surface area (Å²) in [5.41, 5.74) is 3.88. The number of carbonyl (C=O) groups excluding carboxylic acids is 1. The van der Waals surface area contributed by atoms with Crippen molar-refractivity contribution in [2.24, 2.45) is 0 Å². The average Bonchev–Trinajstić information content (AvgIpc) is 3.70. The van der Waals surface area contributed by atoms with Crippen LogP contribution in [0.25, 0.3) is 11.0 Å². The molecule has 43 heavy (non-hydrogen) atoms. The van der Waals surface area contributed by atoms with Gasteiger partial charge in [0.2, 0.25) is 5.76 Å². The number of para-hydroxylation sites is 2. The summed E-state index contributed by atoms with van der Waals surface area (Å²) in [6.07, 6.45) is 0.681. The van der Waals surface area contributed by atoms with Crippen molar-refractivity contribution in [1.29, 1.82) is 0 Å². The van der Waals surface area contributed by atoms with E-state index < -0.39 is 17.3 Å². The molecule has 1 amide bonds. The third-order valence-electron chi connectivity index (χ3n) is 7.74. The van der Waals surface area contributed by atoms with Crippen molar-refractivity contribution in [3.63, 3.8) is 0 Å². The molecule has 8 nitrogen and oxygen atoms in total. The molecule has 0 bridgehead atoms. The minimum absolute atomic E-state index is 0.0597. The zero-order valence-corrected chi connectivity index (χ0v) is 25.3. The fraction of sp³-hybridized carbons (Fsp3) is 0.212. The van der Waals surface area contributed by atoms with Crippen LogP contribution in [-0.4, -0.2) is 59.2 Å². The third kappa shape index (κ3) is 5.99. The molecule has 0 spiro atoms. The second kappa shape index (κ2) is 12.5. The van der Waals surface area contributed by atoms with Crippen molar-refractivity contribution in [2.45, 2.75) is 18.2 Å². The summed E-state index contributed by atoms with van der Waals surface area (Å²) in [4.78, 5) is 30.0. The maximum Gasteiger partial charge on any atom is 0.372 e.